The van der Waals surface area contributed by atoms with Crippen LogP contribution in [0.25, 0.3) is 10.9 Å². The molecule has 0 bridgehead atoms. The molecule has 0 saturated heterocycles. The van der Waals surface area contributed by atoms with Gasteiger partial charge in [-0.2, -0.15) is 0 Å². The van der Waals surface area contributed by atoms with Gasteiger partial charge < -0.3 is 42.0 Å². The fraction of sp³-hybridized carbons (Fsp3) is 0.200. The average molecular weight is 417 g/mol. The van der Waals surface area contributed by atoms with Gasteiger partial charge in [-0.25, -0.2) is 0 Å². The third kappa shape index (κ3) is 5.87. The predicted octanol–water partition coefficient (Wildman–Crippen LogP) is 0.880. The van der Waals surface area contributed by atoms with Gasteiger partial charge in [-0.3, -0.25) is 9.59 Å². The van der Waals surface area contributed by atoms with Gasteiger partial charge >= 0.3 is 11.9 Å². The summed E-state index contributed by atoms with van der Waals surface area (Å²) in [4.78, 5) is 24.1. The summed E-state index contributed by atoms with van der Waals surface area (Å²) in [6.45, 7) is 0. The zero-order chi connectivity index (χ0) is 22.4. The number of aromatic hydroxyl groups is 3. The molecule has 1 heterocycles. The van der Waals surface area contributed by atoms with E-state index in [1.807, 2.05) is 0 Å². The summed E-state index contributed by atoms with van der Waals surface area (Å²) < 4.78 is 0. The van der Waals surface area contributed by atoms with Crippen LogP contribution in [0.4, 0.5) is 0 Å². The number of nitrogens with two attached hydrogens (primary N) is 2. The summed E-state index contributed by atoms with van der Waals surface area (Å²) in [5.41, 5.74) is 13.0. The summed E-state index contributed by atoms with van der Waals surface area (Å²) in [6, 6.07) is 7.06. The molecule has 0 radical (unpaired) electrons. The summed E-state index contributed by atoms with van der Waals surface area (Å²) in [6.07, 6.45) is 2.06. The quantitative estimate of drug-likeness (QED) is 0.268. The van der Waals surface area contributed by atoms with Crippen LogP contribution in [0.15, 0.2) is 42.6 Å². The predicted molar refractivity (Wildman–Crippen MR) is 108 cm³/mol. The largest absolute Gasteiger partial charge is 0.508 e. The number of carbonyl (C=O) groups is 2. The number of aliphatic carboxylic acids is 2. The second kappa shape index (κ2) is 9.63. The maximum absolute atomic E-state index is 10.6. The van der Waals surface area contributed by atoms with Crippen molar-refractivity contribution in [1.29, 1.82) is 0 Å². The van der Waals surface area contributed by atoms with E-state index < -0.39 is 24.0 Å². The Morgan fingerprint density at radius 3 is 2.10 bits per heavy atom. The molecule has 0 unspecified atom stereocenters. The molecule has 10 heteroatoms. The van der Waals surface area contributed by atoms with E-state index in [9.17, 15) is 14.7 Å². The lowest BCUT2D eigenvalue weighted by Crippen LogP contribution is -2.32. The second-order valence-corrected chi connectivity index (χ2v) is 6.66. The van der Waals surface area contributed by atoms with Crippen LogP contribution in [-0.2, 0) is 22.4 Å². The molecule has 10 N–H and O–H groups in total. The summed E-state index contributed by atoms with van der Waals surface area (Å²) >= 11 is 0. The molecule has 10 nitrogen and oxygen atoms in total. The first-order valence-corrected chi connectivity index (χ1v) is 8.85. The van der Waals surface area contributed by atoms with Crippen LogP contribution in [0.2, 0.25) is 0 Å². The van der Waals surface area contributed by atoms with Crippen LogP contribution in [0, 0.1) is 0 Å². The van der Waals surface area contributed by atoms with Gasteiger partial charge in [0.25, 0.3) is 0 Å². The van der Waals surface area contributed by atoms with Crippen molar-refractivity contribution in [3.63, 3.8) is 0 Å². The van der Waals surface area contributed by atoms with Crippen LogP contribution in [-0.4, -0.2) is 54.5 Å². The van der Waals surface area contributed by atoms with Crippen LogP contribution < -0.4 is 11.5 Å². The molecule has 3 rings (SSSR count). The van der Waals surface area contributed by atoms with Crippen molar-refractivity contribution in [3.8, 4) is 17.2 Å². The van der Waals surface area contributed by atoms with Gasteiger partial charge in [0.15, 0.2) is 11.5 Å². The van der Waals surface area contributed by atoms with E-state index in [-0.39, 0.29) is 30.1 Å². The first-order chi connectivity index (χ1) is 14.1. The number of carboxylic acid groups (broad SMARTS) is 2. The van der Waals surface area contributed by atoms with Gasteiger partial charge in [-0.05, 0) is 47.9 Å². The molecule has 2 aromatic carbocycles. The number of phenolic OH excluding ortho intramolecular Hbond substituents is 3. The van der Waals surface area contributed by atoms with Crippen LogP contribution in [0.3, 0.4) is 0 Å². The van der Waals surface area contributed by atoms with Crippen molar-refractivity contribution in [1.82, 2.24) is 4.98 Å². The molecule has 0 aliphatic carbocycles. The van der Waals surface area contributed by atoms with E-state index in [1.54, 1.807) is 24.4 Å². The molecular weight excluding hydrogens is 394 g/mol. The van der Waals surface area contributed by atoms with Gasteiger partial charge in [0, 0.05) is 23.5 Å². The monoisotopic (exact) mass is 417 g/mol. The van der Waals surface area contributed by atoms with Crippen molar-refractivity contribution in [2.75, 3.05) is 0 Å². The molecule has 30 heavy (non-hydrogen) atoms. The molecule has 0 aliphatic heterocycles. The average Bonchev–Trinajstić information content (AvgIpc) is 3.07. The number of benzene rings is 2. The topological polar surface area (TPSA) is 203 Å². The minimum atomic E-state index is -1.10. The molecule has 0 aliphatic rings. The second-order valence-electron chi connectivity index (χ2n) is 6.66. The maximum Gasteiger partial charge on any atom is 0.320 e. The molecule has 0 fully saturated rings. The SMILES string of the molecule is N[C@@H](Cc1c[nH]c2ccc(O)cc12)C(=O)O.N[C@@H](Cc1ccc(O)c(O)c1)C(=O)O. The third-order valence-electron chi connectivity index (χ3n) is 4.32. The van der Waals surface area contributed by atoms with Crippen LogP contribution in [0.1, 0.15) is 11.1 Å². The van der Waals surface area contributed by atoms with Crippen molar-refractivity contribution >= 4 is 22.8 Å². The van der Waals surface area contributed by atoms with Crippen LogP contribution in [0.5, 0.6) is 17.2 Å². The highest BCUT2D eigenvalue weighted by Gasteiger charge is 2.15. The number of aromatic amines is 1. The first kappa shape index (κ1) is 22.5. The fourth-order valence-electron chi connectivity index (χ4n) is 2.70. The standard InChI is InChI=1S/C11H12N2O3.C9H11NO4/c12-9(11(15)16)3-6-5-13-10-2-1-7(14)4-8(6)10;10-6(9(13)14)3-5-1-2-7(11)8(12)4-5/h1-2,4-5,9,13-14H,3,12H2,(H,15,16);1-2,4,6,11-12H,3,10H2,(H,13,14)/t9-;6-/m00/s1. The fourth-order valence-corrected chi connectivity index (χ4v) is 2.70. The van der Waals surface area contributed by atoms with Crippen molar-refractivity contribution in [2.45, 2.75) is 24.9 Å². The number of hydrogen-bond acceptors (Lipinski definition) is 7. The number of hydrogen-bond donors (Lipinski definition) is 8. The number of phenols is 3. The number of rotatable bonds is 6. The first-order valence-electron chi connectivity index (χ1n) is 8.85. The minimum Gasteiger partial charge on any atom is -0.508 e. The number of nitrogens with one attached hydrogen (secondary N) is 1. The highest BCUT2D eigenvalue weighted by Crippen LogP contribution is 2.25. The zero-order valence-electron chi connectivity index (χ0n) is 15.8. The highest BCUT2D eigenvalue weighted by atomic mass is 16.4. The zero-order valence-corrected chi connectivity index (χ0v) is 15.8. The molecule has 2 atom stereocenters. The van der Waals surface area contributed by atoms with Gasteiger partial charge in [0.05, 0.1) is 0 Å². The Labute approximate surface area is 171 Å². The highest BCUT2D eigenvalue weighted by molar-refractivity contribution is 5.85. The van der Waals surface area contributed by atoms with E-state index in [4.69, 9.17) is 31.9 Å². The third-order valence-corrected chi connectivity index (χ3v) is 4.32. The maximum atomic E-state index is 10.6. The Morgan fingerprint density at radius 1 is 0.867 bits per heavy atom. The Kier molecular flexibility index (Phi) is 7.23. The smallest absolute Gasteiger partial charge is 0.320 e. The van der Waals surface area contributed by atoms with E-state index in [1.165, 1.54) is 18.2 Å². The normalized spacial score (nSPS) is 12.6. The Morgan fingerprint density at radius 2 is 1.50 bits per heavy atom. The van der Waals surface area contributed by atoms with E-state index in [0.717, 1.165) is 16.5 Å². The number of H-pyrrole nitrogens is 1. The van der Waals surface area contributed by atoms with E-state index in [0.29, 0.717) is 5.56 Å². The summed E-state index contributed by atoms with van der Waals surface area (Å²) in [5, 5.41) is 45.5. The summed E-state index contributed by atoms with van der Waals surface area (Å²) in [5.74, 6) is -2.50. The molecular formula is C20H23N3O7. The lowest BCUT2D eigenvalue weighted by molar-refractivity contribution is -0.139. The van der Waals surface area contributed by atoms with Crippen molar-refractivity contribution < 1.29 is 35.1 Å². The molecule has 1 aromatic heterocycles. The molecule has 3 aromatic rings. The number of carboxylic acids is 2. The number of fused-ring (bicyclic) bond motifs is 1. The van der Waals surface area contributed by atoms with Crippen molar-refractivity contribution in [2.24, 2.45) is 11.5 Å². The number of aromatic nitrogens is 1. The van der Waals surface area contributed by atoms with Gasteiger partial charge in [-0.15, -0.1) is 0 Å². The van der Waals surface area contributed by atoms with Gasteiger partial charge in [-0.1, -0.05) is 6.07 Å². The van der Waals surface area contributed by atoms with E-state index >= 15 is 0 Å². The Hall–Kier alpha value is -3.76. The lowest BCUT2D eigenvalue weighted by Gasteiger charge is -2.06. The Balaban J connectivity index is 0.000000216. The van der Waals surface area contributed by atoms with Crippen LogP contribution >= 0.6 is 0 Å². The van der Waals surface area contributed by atoms with Crippen molar-refractivity contribution in [3.05, 3.63) is 53.7 Å². The minimum absolute atomic E-state index is 0.114. The molecule has 0 amide bonds. The summed E-state index contributed by atoms with van der Waals surface area (Å²) in [7, 11) is 0. The molecule has 0 saturated carbocycles. The molecule has 0 spiro atoms. The van der Waals surface area contributed by atoms with E-state index in [2.05, 4.69) is 4.98 Å². The van der Waals surface area contributed by atoms with Gasteiger partial charge in [0.1, 0.15) is 17.8 Å². The Bertz CT molecular complexity index is 1050. The van der Waals surface area contributed by atoms with Gasteiger partial charge in [0.2, 0.25) is 0 Å². The lowest BCUT2D eigenvalue weighted by atomic mass is 10.1. The molecule has 160 valence electrons.